The first kappa shape index (κ1) is 66.2. The van der Waals surface area contributed by atoms with Crippen LogP contribution in [0.5, 0.6) is 0 Å². The molecule has 7 rings (SSSR count). The summed E-state index contributed by atoms with van der Waals surface area (Å²) in [6.07, 6.45) is -60.3. The molecule has 0 bridgehead atoms. The summed E-state index contributed by atoms with van der Waals surface area (Å²) in [6.45, 7) is -1.12. The summed E-state index contributed by atoms with van der Waals surface area (Å²) in [4.78, 5) is 0. The number of hydrogen-bond acceptors (Lipinski definition) is 34. The predicted octanol–water partition coefficient (Wildman–Crippen LogP) is -12.1. The maximum absolute atomic E-state index is 11.4. The van der Waals surface area contributed by atoms with Crippen molar-refractivity contribution >= 4 is 0 Å². The Hall–Kier alpha value is -1.36. The average Bonchev–Trinajstić information content (AvgIpc) is 3.59. The molecule has 468 valence electrons. The number of ether oxygens (including phenoxy) is 15. The van der Waals surface area contributed by atoms with Gasteiger partial charge < -0.3 is 168 Å². The maximum Gasteiger partial charge on any atom is 0.187 e. The van der Waals surface area contributed by atoms with Gasteiger partial charge in [-0.2, -0.15) is 0 Å². The minimum absolute atomic E-state index is 0.0209. The van der Waals surface area contributed by atoms with Crippen molar-refractivity contribution in [3.8, 4) is 0 Å². The highest BCUT2D eigenvalue weighted by Crippen LogP contribution is 2.38. The summed E-state index contributed by atoms with van der Waals surface area (Å²) in [5.74, 6) is 0. The molecule has 0 radical (unpaired) electrons. The zero-order valence-corrected chi connectivity index (χ0v) is 43.8. The molecule has 0 aromatic carbocycles. The van der Waals surface area contributed by atoms with Crippen molar-refractivity contribution < 1.29 is 168 Å². The smallest absolute Gasteiger partial charge is 0.187 e. The Morgan fingerprint density at radius 1 is 0.237 bits per heavy atom. The SMILES string of the molecule is CCC1OC(OC2C(CO)OC(OC)C(O)C2O)C(O)C(O)C1OC1OC(CO)C(OC2OC(CO)C(OC3OC(CC)C(OC4OC(CO)C(OC5OC(CO)C(OC)C(O)C5O)C(O)C4O)C(O)C3O)C(O)C2O)C(O)C1O. The summed E-state index contributed by atoms with van der Waals surface area (Å²) in [5.41, 5.74) is 0. The minimum Gasteiger partial charge on any atom is -0.394 e. The fourth-order valence-electron chi connectivity index (χ4n) is 10.8. The first-order valence-corrected chi connectivity index (χ1v) is 26.2. The lowest BCUT2D eigenvalue weighted by Gasteiger charge is -2.50. The van der Waals surface area contributed by atoms with Gasteiger partial charge in [0.15, 0.2) is 44.0 Å². The van der Waals surface area contributed by atoms with Gasteiger partial charge >= 0.3 is 0 Å². The molecule has 0 saturated carbocycles. The van der Waals surface area contributed by atoms with Gasteiger partial charge in [-0.05, 0) is 12.8 Å². The molecular formula is C46H80O34. The summed E-state index contributed by atoms with van der Waals surface area (Å²) in [7, 11) is 2.40. The van der Waals surface area contributed by atoms with Crippen molar-refractivity contribution in [1.29, 1.82) is 0 Å². The van der Waals surface area contributed by atoms with Gasteiger partial charge in [0.05, 0.1) is 45.2 Å². The van der Waals surface area contributed by atoms with Gasteiger partial charge in [0.25, 0.3) is 0 Å². The van der Waals surface area contributed by atoms with E-state index < -0.39 is 248 Å². The minimum atomic E-state index is -2.14. The van der Waals surface area contributed by atoms with Crippen LogP contribution < -0.4 is 0 Å². The van der Waals surface area contributed by atoms with E-state index in [4.69, 9.17) is 71.1 Å². The van der Waals surface area contributed by atoms with E-state index in [2.05, 4.69) is 0 Å². The Labute approximate surface area is 456 Å². The Morgan fingerprint density at radius 2 is 0.412 bits per heavy atom. The number of aliphatic hydroxyl groups is 19. The van der Waals surface area contributed by atoms with Crippen molar-refractivity contribution in [1.82, 2.24) is 0 Å². The van der Waals surface area contributed by atoms with Gasteiger partial charge in [-0.3, -0.25) is 0 Å². The van der Waals surface area contributed by atoms with Crippen LogP contribution >= 0.6 is 0 Å². The van der Waals surface area contributed by atoms with E-state index in [0.717, 1.165) is 0 Å². The molecule has 0 aromatic heterocycles. The molecule has 0 aromatic rings. The number of methoxy groups -OCH3 is 2. The molecule has 0 amide bonds. The molecule has 35 unspecified atom stereocenters. The molecule has 7 heterocycles. The van der Waals surface area contributed by atoms with Crippen LogP contribution in [0, 0.1) is 0 Å². The highest BCUT2D eigenvalue weighted by molar-refractivity contribution is 5.01. The van der Waals surface area contributed by atoms with Crippen LogP contribution in [0.15, 0.2) is 0 Å². The molecule has 0 spiro atoms. The third kappa shape index (κ3) is 13.4. The zero-order chi connectivity index (χ0) is 58.8. The second kappa shape index (κ2) is 28.9. The second-order valence-corrected chi connectivity index (χ2v) is 20.4. The van der Waals surface area contributed by atoms with Crippen LogP contribution in [-0.2, 0) is 71.1 Å². The summed E-state index contributed by atoms with van der Waals surface area (Å²) < 4.78 is 84.7. The van der Waals surface area contributed by atoms with E-state index in [1.807, 2.05) is 0 Å². The lowest BCUT2D eigenvalue weighted by Crippen LogP contribution is -2.68. The van der Waals surface area contributed by atoms with E-state index in [9.17, 15) is 97.0 Å². The fraction of sp³-hybridized carbons (Fsp3) is 1.00. The van der Waals surface area contributed by atoms with E-state index >= 15 is 0 Å². The van der Waals surface area contributed by atoms with Gasteiger partial charge in [0.2, 0.25) is 0 Å². The normalized spacial score (nSPS) is 52.5. The first-order valence-electron chi connectivity index (χ1n) is 26.2. The Kier molecular flexibility index (Phi) is 23.9. The Morgan fingerprint density at radius 3 is 0.613 bits per heavy atom. The van der Waals surface area contributed by atoms with E-state index in [1.165, 1.54) is 14.2 Å². The molecule has 35 atom stereocenters. The van der Waals surface area contributed by atoms with E-state index in [0.29, 0.717) is 0 Å². The second-order valence-electron chi connectivity index (χ2n) is 20.4. The molecule has 34 heteroatoms. The third-order valence-corrected chi connectivity index (χ3v) is 15.4. The van der Waals surface area contributed by atoms with Crippen molar-refractivity contribution in [2.75, 3.05) is 47.3 Å². The topological polar surface area (TPSA) is 523 Å². The van der Waals surface area contributed by atoms with Gasteiger partial charge in [0, 0.05) is 14.2 Å². The van der Waals surface area contributed by atoms with Crippen LogP contribution in [-0.4, -0.2) is 359 Å². The highest BCUT2D eigenvalue weighted by atomic mass is 16.8. The van der Waals surface area contributed by atoms with Crippen molar-refractivity contribution in [2.24, 2.45) is 0 Å². The van der Waals surface area contributed by atoms with Crippen molar-refractivity contribution in [2.45, 2.75) is 242 Å². The molecule has 7 aliphatic heterocycles. The van der Waals surface area contributed by atoms with Crippen LogP contribution in [0.4, 0.5) is 0 Å². The molecule has 80 heavy (non-hydrogen) atoms. The van der Waals surface area contributed by atoms with Crippen molar-refractivity contribution in [3.63, 3.8) is 0 Å². The maximum atomic E-state index is 11.4. The van der Waals surface area contributed by atoms with Crippen LogP contribution in [0.2, 0.25) is 0 Å². The standard InChI is InChI=1S/C46H80O34/c1-5-12-34(21(54)28(61)41(68-12)77-36-15(8-48)70-40(67-4)26(59)20(36)53)75-45-31(64)24(57)39(18(11-51)73-45)80-46-32(65)25(58)37(16(9-49)74-46)78-42-29(62)22(55)35(13(6-2)69-42)76-44-30(63)23(56)38(17(10-50)72-44)79-43-27(60)19(52)33(66-3)14(7-47)71-43/h12-65H,5-11H2,1-4H3. The largest absolute Gasteiger partial charge is 0.394 e. The molecular weight excluding hydrogens is 1100 g/mol. The summed E-state index contributed by atoms with van der Waals surface area (Å²) in [6, 6.07) is 0. The summed E-state index contributed by atoms with van der Waals surface area (Å²) >= 11 is 0. The van der Waals surface area contributed by atoms with Gasteiger partial charge in [-0.15, -0.1) is 0 Å². The quantitative estimate of drug-likeness (QED) is 0.0507. The van der Waals surface area contributed by atoms with Gasteiger partial charge in [-0.25, -0.2) is 0 Å². The molecule has 0 aliphatic carbocycles. The monoisotopic (exact) mass is 1180 g/mol. The number of rotatable bonds is 21. The fourth-order valence-corrected chi connectivity index (χ4v) is 10.8. The van der Waals surface area contributed by atoms with Gasteiger partial charge in [0.1, 0.15) is 159 Å². The molecule has 7 fully saturated rings. The predicted molar refractivity (Wildman–Crippen MR) is 248 cm³/mol. The molecule has 7 aliphatic rings. The molecule has 34 nitrogen and oxygen atoms in total. The molecule has 7 saturated heterocycles. The zero-order valence-electron chi connectivity index (χ0n) is 43.8. The van der Waals surface area contributed by atoms with Crippen LogP contribution in [0.1, 0.15) is 26.7 Å². The first-order chi connectivity index (χ1) is 38.1. The number of aliphatic hydroxyl groups excluding tert-OH is 19. The molecule has 19 N–H and O–H groups in total. The van der Waals surface area contributed by atoms with E-state index in [1.54, 1.807) is 13.8 Å². The lowest BCUT2D eigenvalue weighted by atomic mass is 9.94. The van der Waals surface area contributed by atoms with Gasteiger partial charge in [-0.1, -0.05) is 13.8 Å². The van der Waals surface area contributed by atoms with Crippen LogP contribution in [0.25, 0.3) is 0 Å². The number of hydrogen-bond donors (Lipinski definition) is 19. The Balaban J connectivity index is 0.945. The third-order valence-electron chi connectivity index (χ3n) is 15.4. The summed E-state index contributed by atoms with van der Waals surface area (Å²) in [5, 5.41) is 206. The van der Waals surface area contributed by atoms with Crippen molar-refractivity contribution in [3.05, 3.63) is 0 Å². The average molecular weight is 1180 g/mol. The lowest BCUT2D eigenvalue weighted by molar-refractivity contribution is -0.397. The van der Waals surface area contributed by atoms with E-state index in [-0.39, 0.29) is 12.8 Å². The van der Waals surface area contributed by atoms with Crippen LogP contribution in [0.3, 0.4) is 0 Å². The Bertz CT molecular complexity index is 1840. The highest BCUT2D eigenvalue weighted by Gasteiger charge is 2.58.